The second-order valence-electron chi connectivity index (χ2n) is 0.192. The van der Waals surface area contributed by atoms with Gasteiger partial charge < -0.3 is 0 Å². The first kappa shape index (κ1) is 10.3. The first-order valence-electron chi connectivity index (χ1n) is 0.507. The van der Waals surface area contributed by atoms with E-state index >= 15 is 0 Å². The van der Waals surface area contributed by atoms with Gasteiger partial charge in [0.05, 0.1) is 0 Å². The van der Waals surface area contributed by atoms with Crippen LogP contribution in [-0.4, -0.2) is 18.2 Å². The van der Waals surface area contributed by atoms with E-state index in [9.17, 15) is 0 Å². The van der Waals surface area contributed by atoms with Crippen LogP contribution in [0.1, 0.15) is 0 Å². The monoisotopic (exact) mass is 373 g/mol. The van der Waals surface area contributed by atoms with Crippen molar-refractivity contribution in [1.82, 2.24) is 0 Å². The predicted octanol–water partition coefficient (Wildman–Crippen LogP) is 1.69. The Kier molecular flexibility index (Phi) is 12.9. The van der Waals surface area contributed by atoms with Gasteiger partial charge in [-0.3, -0.25) is 0 Å². The van der Waals surface area contributed by atoms with Gasteiger partial charge in [0.2, 0.25) is 0 Å². The van der Waals surface area contributed by atoms with Crippen molar-refractivity contribution in [2.45, 2.75) is 0 Å². The van der Waals surface area contributed by atoms with Crippen LogP contribution in [0.3, 0.4) is 0 Å². The molecule has 0 saturated heterocycles. The molecule has 0 aromatic carbocycles. The Hall–Kier alpha value is 2.26. The Morgan fingerprint density at radius 1 is 1.00 bits per heavy atom. The van der Waals surface area contributed by atoms with E-state index in [-0.39, 0.29) is 16.8 Å². The molecule has 0 aliphatic heterocycles. The van der Waals surface area contributed by atoms with E-state index in [1.807, 2.05) is 0 Å². The van der Waals surface area contributed by atoms with Crippen LogP contribution in [0.5, 0.6) is 0 Å². The van der Waals surface area contributed by atoms with Crippen LogP contribution < -0.4 is 0 Å². The Labute approximate surface area is 59.7 Å². The third kappa shape index (κ3) is 22.2. The maximum Gasteiger partial charge on any atom is 0 e. The van der Waals surface area contributed by atoms with Crippen molar-refractivity contribution < 1.29 is 16.8 Å². The summed E-state index contributed by atoms with van der Waals surface area (Å²) in [4.78, 5) is 0. The van der Waals surface area contributed by atoms with Crippen molar-refractivity contribution >= 4 is 43.7 Å². The molecule has 0 amide bonds. The zero-order valence-electron chi connectivity index (χ0n) is 1.91. The van der Waals surface area contributed by atoms with Crippen molar-refractivity contribution in [1.29, 1.82) is 0 Å². The van der Waals surface area contributed by atoms with Gasteiger partial charge in [-0.1, -0.05) is 0 Å². The molecule has 5 heavy (non-hydrogen) atoms. The predicted molar refractivity (Wildman–Crippen MR) is 23.3 cm³/mol. The van der Waals surface area contributed by atoms with Crippen molar-refractivity contribution in [3.63, 3.8) is 0 Å². The SMILES string of the molecule is [Cl][Bi]([Cl])[Cl].[Co]. The summed E-state index contributed by atoms with van der Waals surface area (Å²) < 4.78 is 0. The molecule has 1 radical (unpaired) electrons. The fourth-order valence-electron chi connectivity index (χ4n) is 0. The van der Waals surface area contributed by atoms with Gasteiger partial charge in [-0.15, -0.1) is 0 Å². The van der Waals surface area contributed by atoms with Crippen molar-refractivity contribution in [2.75, 3.05) is 0 Å². The molecule has 35 valence electrons. The van der Waals surface area contributed by atoms with E-state index < -0.39 is 18.2 Å². The minimum absolute atomic E-state index is 0. The molecule has 0 nitrogen and oxygen atoms in total. The van der Waals surface area contributed by atoms with Crippen molar-refractivity contribution in [3.05, 3.63) is 0 Å². The standard InChI is InChI=1S/Bi.3ClH.Co/h;3*1H;/q+3;;;;/p-3. The molecule has 0 aliphatic carbocycles. The average Bonchev–Trinajstić information content (AvgIpc) is 0.811. The number of hydrogen-bond donors (Lipinski definition) is 0. The average molecular weight is 374 g/mol. The summed E-state index contributed by atoms with van der Waals surface area (Å²) in [6.45, 7) is 0. The second kappa shape index (κ2) is 6.26. The first-order valence-corrected chi connectivity index (χ1v) is 13.3. The van der Waals surface area contributed by atoms with Gasteiger partial charge in [0.1, 0.15) is 0 Å². The molecule has 0 unspecified atom stereocenters. The molecule has 0 heterocycles. The molecule has 5 heteroatoms. The summed E-state index contributed by atoms with van der Waals surface area (Å²) in [6, 6.07) is 0. The second-order valence-corrected chi connectivity index (χ2v) is 15.1. The quantitative estimate of drug-likeness (QED) is 0.566. The van der Waals surface area contributed by atoms with Gasteiger partial charge in [-0.25, -0.2) is 0 Å². The molecule has 0 bridgehead atoms. The molecular formula is BiCl3Co. The summed E-state index contributed by atoms with van der Waals surface area (Å²) in [7, 11) is 15.0. The topological polar surface area (TPSA) is 0 Å². The van der Waals surface area contributed by atoms with E-state index in [1.54, 1.807) is 0 Å². The number of rotatable bonds is 0. The molecule has 0 N–H and O–H groups in total. The minimum atomic E-state index is -2.18. The van der Waals surface area contributed by atoms with Crippen LogP contribution >= 0.6 is 25.5 Å². The van der Waals surface area contributed by atoms with Crippen LogP contribution in [0.15, 0.2) is 0 Å². The Morgan fingerprint density at radius 2 is 1.00 bits per heavy atom. The summed E-state index contributed by atoms with van der Waals surface area (Å²) >= 11 is -2.18. The molecule has 0 aromatic rings. The molecule has 0 rings (SSSR count). The van der Waals surface area contributed by atoms with Crippen molar-refractivity contribution in [3.8, 4) is 0 Å². The van der Waals surface area contributed by atoms with E-state index in [0.717, 1.165) is 0 Å². The zero-order valence-corrected chi connectivity index (χ0v) is 8.70. The summed E-state index contributed by atoms with van der Waals surface area (Å²) in [5.74, 6) is 0. The summed E-state index contributed by atoms with van der Waals surface area (Å²) in [5.41, 5.74) is 0. The normalized spacial score (nSPS) is 7.20. The van der Waals surface area contributed by atoms with E-state index in [2.05, 4.69) is 0 Å². The molecular weight excluding hydrogens is 374 g/mol. The first-order chi connectivity index (χ1) is 1.73. The van der Waals surface area contributed by atoms with Gasteiger partial charge in [-0.2, -0.15) is 0 Å². The molecule has 0 spiro atoms. The fraction of sp³-hybridized carbons (Fsp3) is 0. The molecule has 0 aliphatic rings. The fourth-order valence-corrected chi connectivity index (χ4v) is 0. The van der Waals surface area contributed by atoms with Crippen molar-refractivity contribution in [2.24, 2.45) is 0 Å². The van der Waals surface area contributed by atoms with Crippen LogP contribution in [0.2, 0.25) is 0 Å². The van der Waals surface area contributed by atoms with Crippen LogP contribution in [0, 0.1) is 0 Å². The van der Waals surface area contributed by atoms with Gasteiger partial charge >= 0.3 is 43.7 Å². The number of hydrogen-bond acceptors (Lipinski definition) is 0. The van der Waals surface area contributed by atoms with Gasteiger partial charge in [-0.05, 0) is 0 Å². The Balaban J connectivity index is 0. The van der Waals surface area contributed by atoms with Gasteiger partial charge in [0.15, 0.2) is 0 Å². The molecule has 0 aromatic heterocycles. The van der Waals surface area contributed by atoms with Crippen LogP contribution in [0.4, 0.5) is 0 Å². The summed E-state index contributed by atoms with van der Waals surface area (Å²) in [6.07, 6.45) is 0. The van der Waals surface area contributed by atoms with Gasteiger partial charge in [0, 0.05) is 16.8 Å². The van der Waals surface area contributed by atoms with Crippen LogP contribution in [-0.2, 0) is 16.8 Å². The van der Waals surface area contributed by atoms with E-state index in [0.29, 0.717) is 0 Å². The Bertz CT molecular complexity index is 11.6. The minimum Gasteiger partial charge on any atom is 0 e. The molecule has 0 atom stereocenters. The molecule has 0 saturated carbocycles. The van der Waals surface area contributed by atoms with E-state index in [4.69, 9.17) is 25.5 Å². The van der Waals surface area contributed by atoms with Crippen LogP contribution in [0.25, 0.3) is 0 Å². The smallest absolute Gasteiger partial charge is 0 e. The third-order valence-corrected chi connectivity index (χ3v) is 0. The Morgan fingerprint density at radius 3 is 1.00 bits per heavy atom. The third-order valence-electron chi connectivity index (χ3n) is 0. The molecule has 0 fully saturated rings. The van der Waals surface area contributed by atoms with E-state index in [1.165, 1.54) is 0 Å². The summed E-state index contributed by atoms with van der Waals surface area (Å²) in [5, 5.41) is 0. The number of halogens is 3. The maximum atomic E-state index is 5.01. The van der Waals surface area contributed by atoms with Gasteiger partial charge in [0.25, 0.3) is 0 Å². The zero-order chi connectivity index (χ0) is 3.58. The largest absolute Gasteiger partial charge is 0 e. The maximum absolute atomic E-state index is 5.01.